The van der Waals surface area contributed by atoms with E-state index in [-0.39, 0.29) is 18.3 Å². The highest BCUT2D eigenvalue weighted by atomic mass is 35.5. The van der Waals surface area contributed by atoms with Gasteiger partial charge in [-0.05, 0) is 25.1 Å². The summed E-state index contributed by atoms with van der Waals surface area (Å²) in [5.41, 5.74) is 0. The van der Waals surface area contributed by atoms with Crippen molar-refractivity contribution in [3.8, 4) is 11.7 Å². The van der Waals surface area contributed by atoms with Crippen molar-refractivity contribution < 1.29 is 13.9 Å². The van der Waals surface area contributed by atoms with Crippen molar-refractivity contribution in [2.75, 3.05) is 19.6 Å². The summed E-state index contributed by atoms with van der Waals surface area (Å²) in [7, 11) is 0. The molecule has 3 rings (SSSR count). The van der Waals surface area contributed by atoms with Gasteiger partial charge in [-0.15, -0.1) is 12.4 Å². The van der Waals surface area contributed by atoms with E-state index in [1.54, 1.807) is 17.0 Å². The minimum atomic E-state index is -0.0914. The number of ether oxygens (including phenoxy) is 1. The van der Waals surface area contributed by atoms with Crippen LogP contribution < -0.4 is 10.1 Å². The van der Waals surface area contributed by atoms with Crippen LogP contribution >= 0.6 is 12.4 Å². The lowest BCUT2D eigenvalue weighted by Gasteiger charge is -2.31. The van der Waals surface area contributed by atoms with Crippen LogP contribution in [-0.4, -0.2) is 36.5 Å². The smallest absolute Gasteiger partial charge is 0.290 e. The zero-order chi connectivity index (χ0) is 14.7. The van der Waals surface area contributed by atoms with E-state index in [2.05, 4.69) is 12.2 Å². The molecular formula is C16H19ClN2O3. The van der Waals surface area contributed by atoms with Gasteiger partial charge in [0.2, 0.25) is 0 Å². The third-order valence-corrected chi connectivity index (χ3v) is 3.41. The van der Waals surface area contributed by atoms with E-state index in [1.165, 1.54) is 0 Å². The van der Waals surface area contributed by atoms with E-state index in [1.807, 2.05) is 30.3 Å². The molecule has 22 heavy (non-hydrogen) atoms. The van der Waals surface area contributed by atoms with Crippen molar-refractivity contribution in [1.82, 2.24) is 10.2 Å². The maximum absolute atomic E-state index is 12.4. The van der Waals surface area contributed by atoms with Gasteiger partial charge < -0.3 is 19.4 Å². The van der Waals surface area contributed by atoms with Crippen molar-refractivity contribution in [1.29, 1.82) is 0 Å². The average molecular weight is 323 g/mol. The monoisotopic (exact) mass is 322 g/mol. The highest BCUT2D eigenvalue weighted by molar-refractivity contribution is 5.91. The standard InChI is InChI=1S/C16H18N2O3.ClH/c1-12-11-18(10-9-17-12)16(19)14-7-8-15(21-14)20-13-5-3-2-4-6-13;/h2-8,12,17H,9-11H2,1H3;1H. The molecule has 0 bridgehead atoms. The van der Waals surface area contributed by atoms with Gasteiger partial charge in [0, 0.05) is 31.7 Å². The molecule has 1 aromatic heterocycles. The minimum Gasteiger partial charge on any atom is -0.426 e. The Morgan fingerprint density at radius 2 is 2.05 bits per heavy atom. The third kappa shape index (κ3) is 3.81. The molecule has 0 aliphatic carbocycles. The van der Waals surface area contributed by atoms with Crippen LogP contribution in [0.5, 0.6) is 11.7 Å². The Hall–Kier alpha value is -1.98. The number of rotatable bonds is 3. The first-order valence-electron chi connectivity index (χ1n) is 7.08. The summed E-state index contributed by atoms with van der Waals surface area (Å²) in [5, 5.41) is 3.31. The molecule has 1 aliphatic rings. The predicted molar refractivity (Wildman–Crippen MR) is 85.8 cm³/mol. The van der Waals surface area contributed by atoms with Gasteiger partial charge in [0.25, 0.3) is 11.9 Å². The molecular weight excluding hydrogens is 304 g/mol. The second-order valence-electron chi connectivity index (χ2n) is 5.14. The highest BCUT2D eigenvalue weighted by Crippen LogP contribution is 2.24. The maximum atomic E-state index is 12.4. The van der Waals surface area contributed by atoms with Gasteiger partial charge in [-0.1, -0.05) is 18.2 Å². The van der Waals surface area contributed by atoms with Gasteiger partial charge in [0.05, 0.1) is 0 Å². The van der Waals surface area contributed by atoms with Crippen LogP contribution in [0.2, 0.25) is 0 Å². The number of hydrogen-bond donors (Lipinski definition) is 1. The molecule has 118 valence electrons. The summed E-state index contributed by atoms with van der Waals surface area (Å²) in [5.74, 6) is 1.23. The molecule has 1 unspecified atom stereocenters. The summed E-state index contributed by atoms with van der Waals surface area (Å²) in [6.45, 7) is 4.25. The van der Waals surface area contributed by atoms with E-state index in [9.17, 15) is 4.79 Å². The fraction of sp³-hybridized carbons (Fsp3) is 0.312. The number of carbonyl (C=O) groups excluding carboxylic acids is 1. The molecule has 0 radical (unpaired) electrons. The first-order chi connectivity index (χ1) is 10.2. The lowest BCUT2D eigenvalue weighted by atomic mass is 10.2. The number of amides is 1. The van der Waals surface area contributed by atoms with E-state index in [0.717, 1.165) is 6.54 Å². The van der Waals surface area contributed by atoms with Crippen molar-refractivity contribution in [2.45, 2.75) is 13.0 Å². The van der Waals surface area contributed by atoms with Crippen LogP contribution in [0.25, 0.3) is 0 Å². The van der Waals surface area contributed by atoms with Gasteiger partial charge in [0.1, 0.15) is 5.75 Å². The van der Waals surface area contributed by atoms with Crippen LogP contribution in [0, 0.1) is 0 Å². The topological polar surface area (TPSA) is 54.7 Å². The first-order valence-corrected chi connectivity index (χ1v) is 7.08. The first kappa shape index (κ1) is 16.4. The van der Waals surface area contributed by atoms with Crippen molar-refractivity contribution in [3.05, 3.63) is 48.2 Å². The summed E-state index contributed by atoms with van der Waals surface area (Å²) < 4.78 is 11.1. The molecule has 0 spiro atoms. The summed E-state index contributed by atoms with van der Waals surface area (Å²) in [6, 6.07) is 13.0. The molecule has 1 saturated heterocycles. The molecule has 2 aromatic rings. The van der Waals surface area contributed by atoms with Crippen molar-refractivity contribution in [2.24, 2.45) is 0 Å². The highest BCUT2D eigenvalue weighted by Gasteiger charge is 2.24. The van der Waals surface area contributed by atoms with Gasteiger partial charge >= 0.3 is 0 Å². The quantitative estimate of drug-likeness (QED) is 0.944. The Balaban J connectivity index is 0.00000176. The van der Waals surface area contributed by atoms with Crippen LogP contribution in [-0.2, 0) is 0 Å². The molecule has 1 aliphatic heterocycles. The zero-order valence-electron chi connectivity index (χ0n) is 12.3. The number of carbonyl (C=O) groups is 1. The molecule has 1 atom stereocenters. The molecule has 0 saturated carbocycles. The molecule has 2 heterocycles. The number of nitrogens with one attached hydrogen (secondary N) is 1. The van der Waals surface area contributed by atoms with Gasteiger partial charge in [0.15, 0.2) is 5.76 Å². The predicted octanol–water partition coefficient (Wildman–Crippen LogP) is 2.93. The second-order valence-corrected chi connectivity index (χ2v) is 5.14. The van der Waals surface area contributed by atoms with Crippen molar-refractivity contribution >= 4 is 18.3 Å². The summed E-state index contributed by atoms with van der Waals surface area (Å²) >= 11 is 0. The number of nitrogens with zero attached hydrogens (tertiary/aromatic N) is 1. The summed E-state index contributed by atoms with van der Waals surface area (Å²) in [6.07, 6.45) is 0. The van der Waals surface area contributed by atoms with E-state index < -0.39 is 0 Å². The molecule has 1 N–H and O–H groups in total. The number of para-hydroxylation sites is 1. The summed E-state index contributed by atoms with van der Waals surface area (Å²) in [4.78, 5) is 14.2. The number of hydrogen-bond acceptors (Lipinski definition) is 4. The fourth-order valence-electron chi connectivity index (χ4n) is 2.37. The third-order valence-electron chi connectivity index (χ3n) is 3.41. The number of furan rings is 1. The Morgan fingerprint density at radius 1 is 1.27 bits per heavy atom. The Kier molecular flexibility index (Phi) is 5.46. The van der Waals surface area contributed by atoms with Crippen LogP contribution in [0.15, 0.2) is 46.9 Å². The van der Waals surface area contributed by atoms with Crippen LogP contribution in [0.3, 0.4) is 0 Å². The van der Waals surface area contributed by atoms with Gasteiger partial charge in [-0.3, -0.25) is 4.79 Å². The van der Waals surface area contributed by atoms with E-state index >= 15 is 0 Å². The molecule has 5 nitrogen and oxygen atoms in total. The number of benzene rings is 1. The second kappa shape index (κ2) is 7.33. The van der Waals surface area contributed by atoms with Crippen LogP contribution in [0.4, 0.5) is 0 Å². The Morgan fingerprint density at radius 3 is 2.77 bits per heavy atom. The van der Waals surface area contributed by atoms with Gasteiger partial charge in [-0.25, -0.2) is 0 Å². The van der Waals surface area contributed by atoms with E-state index in [0.29, 0.717) is 36.6 Å². The molecule has 1 fully saturated rings. The number of halogens is 1. The molecule has 1 amide bonds. The maximum Gasteiger partial charge on any atom is 0.290 e. The Labute approximate surface area is 135 Å². The van der Waals surface area contributed by atoms with Crippen LogP contribution in [0.1, 0.15) is 17.5 Å². The largest absolute Gasteiger partial charge is 0.426 e. The van der Waals surface area contributed by atoms with E-state index in [4.69, 9.17) is 9.15 Å². The molecule has 1 aromatic carbocycles. The van der Waals surface area contributed by atoms with Crippen molar-refractivity contribution in [3.63, 3.8) is 0 Å². The average Bonchev–Trinajstić information content (AvgIpc) is 2.96. The zero-order valence-corrected chi connectivity index (χ0v) is 13.1. The normalized spacial score (nSPS) is 17.7. The minimum absolute atomic E-state index is 0. The fourth-order valence-corrected chi connectivity index (χ4v) is 2.37. The SMILES string of the molecule is CC1CN(C(=O)c2ccc(Oc3ccccc3)o2)CCN1.Cl. The lowest BCUT2D eigenvalue weighted by molar-refractivity contribution is 0.0672. The number of piperazine rings is 1. The molecule has 6 heteroatoms. The van der Waals surface area contributed by atoms with Gasteiger partial charge in [-0.2, -0.15) is 0 Å². The Bertz CT molecular complexity index is 615. The lowest BCUT2D eigenvalue weighted by Crippen LogP contribution is -2.51.